The van der Waals surface area contributed by atoms with E-state index in [2.05, 4.69) is 37.0 Å². The minimum Gasteiger partial charge on any atom is -0.268 e. The minimum atomic E-state index is -0.639. The third-order valence-electron chi connectivity index (χ3n) is 3.53. The summed E-state index contributed by atoms with van der Waals surface area (Å²) in [7, 11) is 0. The highest BCUT2D eigenvalue weighted by molar-refractivity contribution is 9.10. The first-order chi connectivity index (χ1) is 12.6. The maximum absolute atomic E-state index is 12.3. The Morgan fingerprint density at radius 2 is 1.69 bits per heavy atom. The summed E-state index contributed by atoms with van der Waals surface area (Å²) in [6.07, 6.45) is 2.90. The molecule has 130 valence electrons. The molecule has 0 saturated carbocycles. The molecule has 0 aliphatic carbocycles. The van der Waals surface area contributed by atoms with Crippen LogP contribution in [0.4, 0.5) is 0 Å². The molecule has 0 unspecified atom stereocenters. The number of carbonyl (C=O) groups is 2. The van der Waals surface area contributed by atoms with Crippen molar-refractivity contribution in [2.75, 3.05) is 0 Å². The lowest BCUT2D eigenvalue weighted by atomic mass is 10.1. The first-order valence-electron chi connectivity index (χ1n) is 7.56. The van der Waals surface area contributed by atoms with Crippen LogP contribution in [0.3, 0.4) is 0 Å². The van der Waals surface area contributed by atoms with Crippen LogP contribution in [0.25, 0.3) is 16.8 Å². The molecule has 0 bridgehead atoms. The van der Waals surface area contributed by atoms with E-state index in [1.165, 1.54) is 6.08 Å². The largest absolute Gasteiger partial charge is 0.290 e. The van der Waals surface area contributed by atoms with Gasteiger partial charge in [0.2, 0.25) is 0 Å². The fourth-order valence-electron chi connectivity index (χ4n) is 2.28. The van der Waals surface area contributed by atoms with Gasteiger partial charge in [-0.25, -0.2) is 5.10 Å². The Morgan fingerprint density at radius 3 is 2.46 bits per heavy atom. The van der Waals surface area contributed by atoms with Crippen molar-refractivity contribution in [3.63, 3.8) is 0 Å². The Morgan fingerprint density at radius 1 is 1.00 bits per heavy atom. The van der Waals surface area contributed by atoms with E-state index in [0.717, 1.165) is 10.0 Å². The van der Waals surface area contributed by atoms with Crippen LogP contribution in [0.15, 0.2) is 63.9 Å². The molecule has 0 fully saturated rings. The van der Waals surface area contributed by atoms with Crippen molar-refractivity contribution in [1.82, 2.24) is 21.0 Å². The fourth-order valence-corrected chi connectivity index (χ4v) is 2.70. The summed E-state index contributed by atoms with van der Waals surface area (Å²) in [5.74, 6) is -1.15. The number of carbonyl (C=O) groups excluding carboxylic acids is 2. The molecular formula is C18H13BrN4O3. The third kappa shape index (κ3) is 3.86. The third-order valence-corrected chi connectivity index (χ3v) is 4.25. The van der Waals surface area contributed by atoms with Crippen LogP contribution in [-0.4, -0.2) is 22.0 Å². The van der Waals surface area contributed by atoms with Crippen molar-refractivity contribution in [3.8, 4) is 0 Å². The molecule has 3 aromatic rings. The lowest BCUT2D eigenvalue weighted by Gasteiger charge is -2.06. The molecule has 1 aromatic heterocycles. The maximum atomic E-state index is 12.3. The highest BCUT2D eigenvalue weighted by Crippen LogP contribution is 2.17. The molecule has 26 heavy (non-hydrogen) atoms. The van der Waals surface area contributed by atoms with E-state index in [0.29, 0.717) is 10.8 Å². The first kappa shape index (κ1) is 17.6. The molecule has 8 heteroatoms. The van der Waals surface area contributed by atoms with Crippen molar-refractivity contribution in [1.29, 1.82) is 0 Å². The number of hydrazine groups is 1. The first-order valence-corrected chi connectivity index (χ1v) is 8.36. The van der Waals surface area contributed by atoms with E-state index in [1.807, 2.05) is 24.3 Å². The molecule has 0 aliphatic rings. The number of halogens is 1. The molecule has 3 rings (SSSR count). The van der Waals surface area contributed by atoms with Gasteiger partial charge in [0, 0.05) is 15.9 Å². The fraction of sp³-hybridized carbons (Fsp3) is 0. The van der Waals surface area contributed by atoms with Crippen molar-refractivity contribution in [3.05, 3.63) is 80.7 Å². The number of aromatic amines is 1. The smallest absolute Gasteiger partial charge is 0.268 e. The summed E-state index contributed by atoms with van der Waals surface area (Å²) >= 11 is 3.38. The minimum absolute atomic E-state index is 0.00952. The Labute approximate surface area is 156 Å². The van der Waals surface area contributed by atoms with E-state index in [4.69, 9.17) is 0 Å². The number of hydrogen-bond donors (Lipinski definition) is 3. The molecule has 3 N–H and O–H groups in total. The van der Waals surface area contributed by atoms with Crippen LogP contribution in [0.5, 0.6) is 0 Å². The topological polar surface area (TPSA) is 104 Å². The number of hydrogen-bond acceptors (Lipinski definition) is 4. The van der Waals surface area contributed by atoms with E-state index in [-0.39, 0.29) is 5.69 Å². The zero-order chi connectivity index (χ0) is 18.5. The standard InChI is InChI=1S/C18H13BrN4O3/c19-14-8-4-1-5-11(14)9-10-15(24)20-23-18(26)16-12-6-2-3-7-13(12)17(25)22-21-16/h1-10H,(H,20,24)(H,22,25)(H,23,26)/b10-9+. The Hall–Kier alpha value is -3.26. The Kier molecular flexibility index (Phi) is 5.23. The second-order valence-corrected chi connectivity index (χ2v) is 6.10. The van der Waals surface area contributed by atoms with Crippen LogP contribution in [0.1, 0.15) is 16.1 Å². The number of aromatic nitrogens is 2. The predicted octanol–water partition coefficient (Wildman–Crippen LogP) is 2.16. The summed E-state index contributed by atoms with van der Waals surface area (Å²) in [5.41, 5.74) is 4.99. The van der Waals surface area contributed by atoms with E-state index >= 15 is 0 Å². The second kappa shape index (κ2) is 7.75. The SMILES string of the molecule is O=C(/C=C/c1ccccc1Br)NNC(=O)c1n[nH]c(=O)c2ccccc12. The average molecular weight is 413 g/mol. The summed E-state index contributed by atoms with van der Waals surface area (Å²) < 4.78 is 0.844. The monoisotopic (exact) mass is 412 g/mol. The Balaban J connectivity index is 1.70. The molecule has 0 spiro atoms. The highest BCUT2D eigenvalue weighted by atomic mass is 79.9. The van der Waals surface area contributed by atoms with Gasteiger partial charge in [-0.2, -0.15) is 5.10 Å². The van der Waals surface area contributed by atoms with Crippen LogP contribution in [0, 0.1) is 0 Å². The van der Waals surface area contributed by atoms with Gasteiger partial charge >= 0.3 is 0 Å². The molecule has 2 aromatic carbocycles. The lowest BCUT2D eigenvalue weighted by molar-refractivity contribution is -0.117. The molecule has 0 atom stereocenters. The van der Waals surface area contributed by atoms with Gasteiger partial charge in [0.1, 0.15) is 0 Å². The van der Waals surface area contributed by atoms with E-state index in [1.54, 1.807) is 30.3 Å². The van der Waals surface area contributed by atoms with Crippen molar-refractivity contribution >= 4 is 44.6 Å². The molecular weight excluding hydrogens is 400 g/mol. The predicted molar refractivity (Wildman–Crippen MR) is 101 cm³/mol. The summed E-state index contributed by atoms with van der Waals surface area (Å²) in [4.78, 5) is 35.9. The van der Waals surface area contributed by atoms with Gasteiger partial charge in [0.25, 0.3) is 17.4 Å². The van der Waals surface area contributed by atoms with Crippen molar-refractivity contribution in [2.45, 2.75) is 0 Å². The highest BCUT2D eigenvalue weighted by Gasteiger charge is 2.14. The zero-order valence-electron chi connectivity index (χ0n) is 13.3. The average Bonchev–Trinajstić information content (AvgIpc) is 2.66. The summed E-state index contributed by atoms with van der Waals surface area (Å²) in [5, 5.41) is 6.77. The van der Waals surface area contributed by atoms with E-state index in [9.17, 15) is 14.4 Å². The van der Waals surface area contributed by atoms with Gasteiger partial charge in [-0.05, 0) is 23.8 Å². The van der Waals surface area contributed by atoms with E-state index < -0.39 is 17.4 Å². The van der Waals surface area contributed by atoms with Crippen molar-refractivity contribution in [2.24, 2.45) is 0 Å². The van der Waals surface area contributed by atoms with Crippen LogP contribution < -0.4 is 16.4 Å². The molecule has 0 saturated heterocycles. The zero-order valence-corrected chi connectivity index (χ0v) is 14.9. The van der Waals surface area contributed by atoms with Gasteiger partial charge in [-0.15, -0.1) is 0 Å². The number of benzene rings is 2. The second-order valence-electron chi connectivity index (χ2n) is 5.25. The normalized spacial score (nSPS) is 10.8. The van der Waals surface area contributed by atoms with Crippen LogP contribution in [-0.2, 0) is 4.79 Å². The van der Waals surface area contributed by atoms with Crippen LogP contribution >= 0.6 is 15.9 Å². The molecule has 0 radical (unpaired) electrons. The molecule has 0 aliphatic heterocycles. The lowest BCUT2D eigenvalue weighted by Crippen LogP contribution is -2.41. The number of nitrogens with one attached hydrogen (secondary N) is 3. The maximum Gasteiger partial charge on any atom is 0.290 e. The summed E-state index contributed by atoms with van der Waals surface area (Å²) in [6, 6.07) is 14.0. The molecule has 1 heterocycles. The quantitative estimate of drug-likeness (QED) is 0.452. The number of rotatable bonds is 3. The van der Waals surface area contributed by atoms with Gasteiger partial charge < -0.3 is 0 Å². The van der Waals surface area contributed by atoms with Gasteiger partial charge in [0.05, 0.1) is 5.39 Å². The number of nitrogens with zero attached hydrogens (tertiary/aromatic N) is 1. The molecule has 7 nitrogen and oxygen atoms in total. The van der Waals surface area contributed by atoms with Crippen LogP contribution in [0.2, 0.25) is 0 Å². The summed E-state index contributed by atoms with van der Waals surface area (Å²) in [6.45, 7) is 0. The number of amides is 2. The van der Waals surface area contributed by atoms with Gasteiger partial charge in [-0.1, -0.05) is 52.3 Å². The Bertz CT molecular complexity index is 1080. The van der Waals surface area contributed by atoms with Gasteiger partial charge in [0.15, 0.2) is 5.69 Å². The number of H-pyrrole nitrogens is 1. The van der Waals surface area contributed by atoms with Crippen molar-refractivity contribution < 1.29 is 9.59 Å². The molecule has 2 amide bonds. The van der Waals surface area contributed by atoms with Gasteiger partial charge in [-0.3, -0.25) is 25.2 Å². The number of fused-ring (bicyclic) bond motifs is 1.